The molecule has 0 spiro atoms. The van der Waals surface area contributed by atoms with Crippen LogP contribution in [0.15, 0.2) is 0 Å². The summed E-state index contributed by atoms with van der Waals surface area (Å²) in [6.07, 6.45) is 1.02. The fraction of sp³-hybridized carbons (Fsp3) is 0.900. The monoisotopic (exact) mass is 201 g/mol. The molecule has 0 saturated carbocycles. The molecule has 0 aromatic carbocycles. The van der Waals surface area contributed by atoms with Crippen LogP contribution in [0.4, 0.5) is 4.79 Å². The topological polar surface area (TPSA) is 26.8 Å². The van der Waals surface area contributed by atoms with Crippen LogP contribution in [-0.2, 0) is 0 Å². The van der Waals surface area contributed by atoms with E-state index in [0.29, 0.717) is 0 Å². The summed E-state index contributed by atoms with van der Waals surface area (Å²) in [4.78, 5) is 17.2. The Kier molecular flexibility index (Phi) is 6.28. The number of carbonyl (C=O) groups is 1. The minimum absolute atomic E-state index is 0.103. The molecule has 0 aliphatic heterocycles. The Labute approximate surface area is 87.5 Å². The maximum atomic E-state index is 11.6. The van der Waals surface area contributed by atoms with E-state index in [0.717, 1.165) is 26.1 Å². The smallest absolute Gasteiger partial charge is 0.319 e. The highest BCUT2D eigenvalue weighted by atomic mass is 16.2. The molecule has 0 unspecified atom stereocenters. The normalized spacial score (nSPS) is 10.4. The molecule has 0 saturated heterocycles. The molecule has 0 aliphatic rings. The summed E-state index contributed by atoms with van der Waals surface area (Å²) >= 11 is 0. The van der Waals surface area contributed by atoms with E-state index >= 15 is 0 Å². The van der Waals surface area contributed by atoms with Gasteiger partial charge in [-0.05, 0) is 34.0 Å². The van der Waals surface area contributed by atoms with Crippen molar-refractivity contribution in [2.24, 2.45) is 0 Å². The molecule has 0 radical (unpaired) electrons. The molecule has 0 bridgehead atoms. The van der Waals surface area contributed by atoms with Gasteiger partial charge in [0.25, 0.3) is 0 Å². The summed E-state index contributed by atoms with van der Waals surface area (Å²) in [5.41, 5.74) is 0. The highest BCUT2D eigenvalue weighted by molar-refractivity contribution is 5.73. The first kappa shape index (κ1) is 13.2. The van der Waals surface area contributed by atoms with E-state index in [-0.39, 0.29) is 6.03 Å². The van der Waals surface area contributed by atoms with E-state index in [1.807, 2.05) is 35.1 Å². The van der Waals surface area contributed by atoms with Crippen LogP contribution in [0.2, 0.25) is 0 Å². The van der Waals surface area contributed by atoms with Crippen LogP contribution in [0, 0.1) is 0 Å². The Bertz CT molecular complexity index is 171. The third-order valence-electron chi connectivity index (χ3n) is 2.23. The molecule has 0 fully saturated rings. The summed E-state index contributed by atoms with van der Waals surface area (Å²) in [6, 6.07) is 0.103. The zero-order valence-corrected chi connectivity index (χ0v) is 10.1. The maximum absolute atomic E-state index is 11.6. The quantitative estimate of drug-likeness (QED) is 0.662. The molecule has 0 aromatic heterocycles. The van der Waals surface area contributed by atoms with Crippen molar-refractivity contribution in [1.29, 1.82) is 0 Å². The largest absolute Gasteiger partial charge is 0.328 e. The number of nitrogens with zero attached hydrogens (tertiary/aromatic N) is 3. The zero-order valence-electron chi connectivity index (χ0n) is 10.1. The second-order valence-corrected chi connectivity index (χ2v) is 3.88. The van der Waals surface area contributed by atoms with Crippen LogP contribution in [0.5, 0.6) is 0 Å². The van der Waals surface area contributed by atoms with Gasteiger partial charge in [0.15, 0.2) is 0 Å². The van der Waals surface area contributed by atoms with Gasteiger partial charge in [-0.15, -0.1) is 0 Å². The molecule has 0 heterocycles. The van der Waals surface area contributed by atoms with Crippen molar-refractivity contribution < 1.29 is 4.79 Å². The average molecular weight is 201 g/mol. The molecule has 0 N–H and O–H groups in total. The summed E-state index contributed by atoms with van der Waals surface area (Å²) in [5, 5.41) is 0. The minimum atomic E-state index is 0.103. The van der Waals surface area contributed by atoms with Crippen LogP contribution in [0.25, 0.3) is 0 Å². The van der Waals surface area contributed by atoms with E-state index in [1.54, 1.807) is 9.80 Å². The fourth-order valence-corrected chi connectivity index (χ4v) is 1.15. The van der Waals surface area contributed by atoms with E-state index < -0.39 is 0 Å². The Morgan fingerprint density at radius 3 is 2.00 bits per heavy atom. The third kappa shape index (κ3) is 5.07. The number of urea groups is 1. The van der Waals surface area contributed by atoms with Gasteiger partial charge in [0, 0.05) is 27.2 Å². The van der Waals surface area contributed by atoms with Gasteiger partial charge in [0.1, 0.15) is 0 Å². The molecule has 0 aromatic rings. The van der Waals surface area contributed by atoms with Crippen molar-refractivity contribution in [2.45, 2.75) is 13.3 Å². The lowest BCUT2D eigenvalue weighted by Crippen LogP contribution is -2.39. The maximum Gasteiger partial charge on any atom is 0.319 e. The lowest BCUT2D eigenvalue weighted by atomic mass is 10.4. The van der Waals surface area contributed by atoms with Gasteiger partial charge >= 0.3 is 6.03 Å². The van der Waals surface area contributed by atoms with Gasteiger partial charge in [-0.25, -0.2) is 4.79 Å². The Morgan fingerprint density at radius 2 is 1.57 bits per heavy atom. The predicted molar refractivity (Wildman–Crippen MR) is 59.5 cm³/mol. The SMILES string of the molecule is CCN(C)C(=O)N(C)CCCN(C)C. The van der Waals surface area contributed by atoms with Gasteiger partial charge in [-0.3, -0.25) is 0 Å². The summed E-state index contributed by atoms with van der Waals surface area (Å²) in [5.74, 6) is 0. The first-order chi connectivity index (χ1) is 6.49. The van der Waals surface area contributed by atoms with Gasteiger partial charge in [0.05, 0.1) is 0 Å². The van der Waals surface area contributed by atoms with Gasteiger partial charge in [-0.1, -0.05) is 0 Å². The van der Waals surface area contributed by atoms with Crippen molar-refractivity contribution in [2.75, 3.05) is 47.8 Å². The molecule has 14 heavy (non-hydrogen) atoms. The van der Waals surface area contributed by atoms with Crippen molar-refractivity contribution in [1.82, 2.24) is 14.7 Å². The first-order valence-corrected chi connectivity index (χ1v) is 5.10. The third-order valence-corrected chi connectivity index (χ3v) is 2.23. The average Bonchev–Trinajstić information content (AvgIpc) is 2.14. The van der Waals surface area contributed by atoms with Crippen LogP contribution < -0.4 is 0 Å². The molecule has 4 nitrogen and oxygen atoms in total. The molecular formula is C10H23N3O. The lowest BCUT2D eigenvalue weighted by Gasteiger charge is -2.24. The van der Waals surface area contributed by atoms with E-state index in [9.17, 15) is 4.79 Å². The Hall–Kier alpha value is -0.770. The standard InChI is InChI=1S/C10H23N3O/c1-6-12(4)10(14)13(5)9-7-8-11(2)3/h6-9H2,1-5H3. The molecule has 0 atom stereocenters. The number of hydrogen-bond donors (Lipinski definition) is 0. The fourth-order valence-electron chi connectivity index (χ4n) is 1.15. The Balaban J connectivity index is 3.73. The molecule has 0 aliphatic carbocycles. The van der Waals surface area contributed by atoms with Crippen LogP contribution in [0.1, 0.15) is 13.3 Å². The number of rotatable bonds is 5. The predicted octanol–water partition coefficient (Wildman–Crippen LogP) is 0.942. The molecule has 84 valence electrons. The van der Waals surface area contributed by atoms with E-state index in [4.69, 9.17) is 0 Å². The minimum Gasteiger partial charge on any atom is -0.328 e. The van der Waals surface area contributed by atoms with Crippen molar-refractivity contribution >= 4 is 6.03 Å². The lowest BCUT2D eigenvalue weighted by molar-refractivity contribution is 0.173. The van der Waals surface area contributed by atoms with Crippen molar-refractivity contribution in [3.63, 3.8) is 0 Å². The second-order valence-electron chi connectivity index (χ2n) is 3.88. The number of hydrogen-bond acceptors (Lipinski definition) is 2. The van der Waals surface area contributed by atoms with Gasteiger partial charge in [0.2, 0.25) is 0 Å². The zero-order chi connectivity index (χ0) is 11.1. The van der Waals surface area contributed by atoms with Crippen molar-refractivity contribution in [3.05, 3.63) is 0 Å². The van der Waals surface area contributed by atoms with Crippen molar-refractivity contribution in [3.8, 4) is 0 Å². The second kappa shape index (κ2) is 6.65. The van der Waals surface area contributed by atoms with E-state index in [1.165, 1.54) is 0 Å². The van der Waals surface area contributed by atoms with Crippen LogP contribution in [-0.4, -0.2) is 68.6 Å². The van der Waals surface area contributed by atoms with Crippen LogP contribution >= 0.6 is 0 Å². The van der Waals surface area contributed by atoms with Crippen LogP contribution in [0.3, 0.4) is 0 Å². The Morgan fingerprint density at radius 1 is 1.00 bits per heavy atom. The summed E-state index contributed by atoms with van der Waals surface area (Å²) in [6.45, 7) is 4.58. The highest BCUT2D eigenvalue weighted by Gasteiger charge is 2.11. The van der Waals surface area contributed by atoms with Gasteiger partial charge in [-0.2, -0.15) is 0 Å². The molecule has 2 amide bonds. The molecular weight excluding hydrogens is 178 g/mol. The first-order valence-electron chi connectivity index (χ1n) is 5.10. The van der Waals surface area contributed by atoms with Gasteiger partial charge < -0.3 is 14.7 Å². The number of carbonyl (C=O) groups excluding carboxylic acids is 1. The molecule has 0 rings (SSSR count). The highest BCUT2D eigenvalue weighted by Crippen LogP contribution is 1.95. The summed E-state index contributed by atoms with van der Waals surface area (Å²) < 4.78 is 0. The molecule has 4 heteroatoms. The van der Waals surface area contributed by atoms with E-state index in [2.05, 4.69) is 4.90 Å². The number of amides is 2. The summed E-state index contributed by atoms with van der Waals surface area (Å²) in [7, 11) is 7.76.